The maximum absolute atomic E-state index is 12.7. The Kier molecular flexibility index (Phi) is 4.25. The molecule has 4 fully saturated rings. The van der Waals surface area contributed by atoms with E-state index in [2.05, 4.69) is 23.0 Å². The van der Waals surface area contributed by atoms with E-state index in [0.717, 1.165) is 42.6 Å². The average Bonchev–Trinajstić information content (AvgIpc) is 2.64. The third kappa shape index (κ3) is 3.28. The first-order chi connectivity index (χ1) is 13.1. The van der Waals surface area contributed by atoms with Crippen LogP contribution in [0.5, 0.6) is 0 Å². The van der Waals surface area contributed by atoms with Crippen molar-refractivity contribution in [3.05, 3.63) is 35.4 Å². The lowest BCUT2D eigenvalue weighted by molar-refractivity contribution is -0.134. The van der Waals surface area contributed by atoms with Crippen LogP contribution < -0.4 is 10.9 Å². The quantitative estimate of drug-likeness (QED) is 0.798. The van der Waals surface area contributed by atoms with Gasteiger partial charge in [0.1, 0.15) is 0 Å². The van der Waals surface area contributed by atoms with Gasteiger partial charge in [-0.15, -0.1) is 0 Å². The van der Waals surface area contributed by atoms with E-state index >= 15 is 0 Å². The molecule has 4 heteroatoms. The third-order valence-electron chi connectivity index (χ3n) is 7.71. The molecular weight excluding hydrogens is 336 g/mol. The zero-order valence-corrected chi connectivity index (χ0v) is 16.0. The Balaban J connectivity index is 1.19. The van der Waals surface area contributed by atoms with Gasteiger partial charge in [-0.1, -0.05) is 24.3 Å². The Morgan fingerprint density at radius 3 is 2.33 bits per heavy atom. The Hall–Kier alpha value is -1.84. The van der Waals surface area contributed by atoms with Crippen LogP contribution >= 0.6 is 0 Å². The monoisotopic (exact) mass is 366 g/mol. The molecule has 1 aromatic carbocycles. The highest BCUT2D eigenvalue weighted by Gasteiger charge is 2.51. The molecule has 0 saturated heterocycles. The van der Waals surface area contributed by atoms with Gasteiger partial charge in [0, 0.05) is 6.42 Å². The highest BCUT2D eigenvalue weighted by molar-refractivity contribution is 5.87. The maximum atomic E-state index is 12.7. The molecule has 0 aromatic heterocycles. The molecule has 0 heterocycles. The van der Waals surface area contributed by atoms with Gasteiger partial charge in [-0.2, -0.15) is 0 Å². The minimum atomic E-state index is -0.144. The summed E-state index contributed by atoms with van der Waals surface area (Å²) < 4.78 is 0. The van der Waals surface area contributed by atoms with Gasteiger partial charge in [-0.25, -0.2) is 0 Å². The molecule has 27 heavy (non-hydrogen) atoms. The van der Waals surface area contributed by atoms with Crippen molar-refractivity contribution in [1.82, 2.24) is 10.9 Å². The van der Waals surface area contributed by atoms with Gasteiger partial charge in [0.25, 0.3) is 0 Å². The number of fused-ring (bicyclic) bond motifs is 1. The lowest BCUT2D eigenvalue weighted by Crippen LogP contribution is -2.50. The van der Waals surface area contributed by atoms with Crippen LogP contribution in [0.2, 0.25) is 0 Å². The van der Waals surface area contributed by atoms with Crippen molar-refractivity contribution >= 4 is 11.8 Å². The summed E-state index contributed by atoms with van der Waals surface area (Å²) in [6.45, 7) is 0. The highest BCUT2D eigenvalue weighted by atomic mass is 16.2. The van der Waals surface area contributed by atoms with Crippen molar-refractivity contribution in [3.8, 4) is 0 Å². The SMILES string of the molecule is O=C(CC12CC3CC(CC(C3)C1)C2)NNC(=O)[C@@H]1CCCc2ccccc21. The van der Waals surface area contributed by atoms with Gasteiger partial charge in [-0.05, 0) is 92.1 Å². The van der Waals surface area contributed by atoms with E-state index < -0.39 is 0 Å². The van der Waals surface area contributed by atoms with Crippen LogP contribution in [0.25, 0.3) is 0 Å². The largest absolute Gasteiger partial charge is 0.273 e. The maximum Gasteiger partial charge on any atom is 0.245 e. The van der Waals surface area contributed by atoms with Gasteiger partial charge in [0.15, 0.2) is 0 Å². The van der Waals surface area contributed by atoms with Crippen molar-refractivity contribution in [3.63, 3.8) is 0 Å². The molecule has 0 aliphatic heterocycles. The first kappa shape index (κ1) is 17.3. The predicted octanol–water partition coefficient (Wildman–Crippen LogP) is 3.86. The number of rotatable bonds is 3. The fourth-order valence-electron chi connectivity index (χ4n) is 7.14. The molecular formula is C23H30N2O2. The zero-order chi connectivity index (χ0) is 18.4. The van der Waals surface area contributed by atoms with Crippen molar-refractivity contribution in [2.75, 3.05) is 0 Å². The lowest BCUT2D eigenvalue weighted by Gasteiger charge is -2.56. The molecule has 5 aliphatic carbocycles. The number of hydrazine groups is 1. The molecule has 144 valence electrons. The van der Waals surface area contributed by atoms with Crippen LogP contribution in [0.1, 0.15) is 74.8 Å². The highest BCUT2D eigenvalue weighted by Crippen LogP contribution is 2.61. The van der Waals surface area contributed by atoms with Crippen LogP contribution in [0.3, 0.4) is 0 Å². The zero-order valence-electron chi connectivity index (χ0n) is 16.0. The molecule has 0 radical (unpaired) electrons. The van der Waals surface area contributed by atoms with Crippen molar-refractivity contribution in [2.45, 2.75) is 70.1 Å². The molecule has 0 unspecified atom stereocenters. The summed E-state index contributed by atoms with van der Waals surface area (Å²) in [5.74, 6) is 2.32. The van der Waals surface area contributed by atoms with Crippen molar-refractivity contribution in [2.24, 2.45) is 23.2 Å². The molecule has 1 aromatic rings. The number of carbonyl (C=O) groups excluding carboxylic acids is 2. The van der Waals surface area contributed by atoms with E-state index in [0.29, 0.717) is 6.42 Å². The Bertz CT molecular complexity index is 721. The van der Waals surface area contributed by atoms with Crippen LogP contribution in [0.4, 0.5) is 0 Å². The Morgan fingerprint density at radius 1 is 0.963 bits per heavy atom. The van der Waals surface area contributed by atoms with E-state index in [1.807, 2.05) is 12.1 Å². The van der Waals surface area contributed by atoms with E-state index in [1.54, 1.807) is 0 Å². The van der Waals surface area contributed by atoms with Crippen LogP contribution in [0.15, 0.2) is 24.3 Å². The van der Waals surface area contributed by atoms with Crippen LogP contribution in [-0.4, -0.2) is 11.8 Å². The summed E-state index contributed by atoms with van der Waals surface area (Å²) in [5.41, 5.74) is 8.08. The van der Waals surface area contributed by atoms with E-state index in [1.165, 1.54) is 44.1 Å². The number of amides is 2. The van der Waals surface area contributed by atoms with E-state index in [9.17, 15) is 9.59 Å². The molecule has 4 bridgehead atoms. The van der Waals surface area contributed by atoms with Crippen LogP contribution in [-0.2, 0) is 16.0 Å². The smallest absolute Gasteiger partial charge is 0.245 e. The van der Waals surface area contributed by atoms with E-state index in [4.69, 9.17) is 0 Å². The van der Waals surface area contributed by atoms with E-state index in [-0.39, 0.29) is 23.1 Å². The number of benzene rings is 1. The summed E-state index contributed by atoms with van der Waals surface area (Å²) in [6.07, 6.45) is 11.3. The Morgan fingerprint density at radius 2 is 1.63 bits per heavy atom. The molecule has 4 saturated carbocycles. The van der Waals surface area contributed by atoms with Gasteiger partial charge in [0.2, 0.25) is 11.8 Å². The van der Waals surface area contributed by atoms with Gasteiger partial charge < -0.3 is 0 Å². The summed E-state index contributed by atoms with van der Waals surface area (Å²) in [4.78, 5) is 25.3. The second-order valence-corrected chi connectivity index (χ2v) is 9.78. The number of hydrogen-bond donors (Lipinski definition) is 2. The molecule has 4 nitrogen and oxygen atoms in total. The fourth-order valence-corrected chi connectivity index (χ4v) is 7.14. The first-order valence-corrected chi connectivity index (χ1v) is 10.8. The second kappa shape index (κ2) is 6.65. The molecule has 2 N–H and O–H groups in total. The standard InChI is InChI=1S/C23H30N2O2/c26-21(14-23-11-15-8-16(12-23)10-17(9-15)13-23)24-25-22(27)20-7-3-5-18-4-1-2-6-19(18)20/h1-2,4,6,15-17,20H,3,5,7-14H2,(H,24,26)(H,25,27)/t15?,16?,17?,20-,23?/m1/s1. The van der Waals surface area contributed by atoms with Crippen molar-refractivity contribution < 1.29 is 9.59 Å². The molecule has 6 rings (SSSR count). The molecule has 5 aliphatic rings. The second-order valence-electron chi connectivity index (χ2n) is 9.78. The molecule has 1 atom stereocenters. The normalized spacial score (nSPS) is 36.1. The first-order valence-electron chi connectivity index (χ1n) is 10.8. The number of hydrogen-bond acceptors (Lipinski definition) is 2. The minimum absolute atomic E-state index is 0.00519. The predicted molar refractivity (Wildman–Crippen MR) is 104 cm³/mol. The van der Waals surface area contributed by atoms with Crippen LogP contribution in [0, 0.1) is 23.2 Å². The summed E-state index contributed by atoms with van der Waals surface area (Å²) in [6, 6.07) is 8.19. The summed E-state index contributed by atoms with van der Waals surface area (Å²) >= 11 is 0. The Labute approximate surface area is 161 Å². The lowest BCUT2D eigenvalue weighted by atomic mass is 9.49. The average molecular weight is 367 g/mol. The van der Waals surface area contributed by atoms with Gasteiger partial charge in [-0.3, -0.25) is 20.4 Å². The minimum Gasteiger partial charge on any atom is -0.273 e. The fraction of sp³-hybridized carbons (Fsp3) is 0.652. The summed E-state index contributed by atoms with van der Waals surface area (Å²) in [5, 5.41) is 0. The summed E-state index contributed by atoms with van der Waals surface area (Å²) in [7, 11) is 0. The number of carbonyl (C=O) groups is 2. The number of nitrogens with one attached hydrogen (secondary N) is 2. The van der Waals surface area contributed by atoms with Gasteiger partial charge >= 0.3 is 0 Å². The topological polar surface area (TPSA) is 58.2 Å². The number of aryl methyl sites for hydroxylation is 1. The van der Waals surface area contributed by atoms with Gasteiger partial charge in [0.05, 0.1) is 5.92 Å². The molecule has 2 amide bonds. The third-order valence-corrected chi connectivity index (χ3v) is 7.71. The van der Waals surface area contributed by atoms with Crippen molar-refractivity contribution in [1.29, 1.82) is 0 Å². The molecule has 0 spiro atoms.